The molecule has 0 bridgehead atoms. The number of nitrogens with two attached hydrogens (primary N) is 1. The first kappa shape index (κ1) is 31.3. The van der Waals surface area contributed by atoms with Gasteiger partial charge in [-0.25, -0.2) is 0 Å². The van der Waals surface area contributed by atoms with E-state index in [4.69, 9.17) is 5.73 Å². The van der Waals surface area contributed by atoms with E-state index < -0.39 is 99.4 Å². The van der Waals surface area contributed by atoms with Crippen molar-refractivity contribution in [2.45, 2.75) is 63.9 Å². The van der Waals surface area contributed by atoms with Gasteiger partial charge in [0, 0.05) is 12.5 Å². The molecule has 0 spiro atoms. The third-order valence-electron chi connectivity index (χ3n) is 10.0. The Morgan fingerprint density at radius 3 is 2.26 bits per heavy atom. The van der Waals surface area contributed by atoms with Crippen LogP contribution in [0.5, 0.6) is 5.75 Å². The molecule has 4 N–H and O–H groups in total. The van der Waals surface area contributed by atoms with Crippen LogP contribution in [-0.2, 0) is 38.3 Å². The van der Waals surface area contributed by atoms with Crippen LogP contribution in [-0.4, -0.2) is 87.9 Å². The molecule has 1 amide bonds. The Morgan fingerprint density at radius 2 is 1.72 bits per heavy atom. The maximum Gasteiger partial charge on any atom is 0.417 e. The molecule has 1 aromatic carbocycles. The first-order valence-electron chi connectivity index (χ1n) is 14.3. The van der Waals surface area contributed by atoms with Gasteiger partial charge in [-0.3, -0.25) is 33.8 Å². The first-order valence-corrected chi connectivity index (χ1v) is 14.3. The average Bonchev–Trinajstić information content (AvgIpc) is 2.86. The van der Waals surface area contributed by atoms with Gasteiger partial charge in [-0.15, -0.1) is 0 Å². The molecular weight excluding hydrogens is 571 g/mol. The molecule has 0 radical (unpaired) electrons. The monoisotopic (exact) mass is 607 g/mol. The number of likely N-dealkylation sites (tertiary alicyclic amines) is 1. The zero-order chi connectivity index (χ0) is 32.0. The van der Waals surface area contributed by atoms with E-state index in [1.165, 1.54) is 19.0 Å². The molecule has 10 nitrogen and oxygen atoms in total. The van der Waals surface area contributed by atoms with Crippen molar-refractivity contribution in [1.82, 2.24) is 9.80 Å². The number of benzene rings is 1. The van der Waals surface area contributed by atoms with Crippen molar-refractivity contribution >= 4 is 29.0 Å². The SMILES string of the molecule is CN(C)[C@@H]1C(=O)C(C(N)=O)C(=O)[C@@]2(O)C(=O)C3C(=O)c4c(O)cc(CN5CCC(C)(C)CC5)c(C(F)(F)F)c4C[C@H]3C[C@@H]12. The predicted octanol–water partition coefficient (Wildman–Crippen LogP) is 1.51. The number of ketones is 4. The minimum Gasteiger partial charge on any atom is -0.507 e. The van der Waals surface area contributed by atoms with Gasteiger partial charge in [0.15, 0.2) is 34.7 Å². The van der Waals surface area contributed by atoms with Crippen molar-refractivity contribution in [2.24, 2.45) is 34.8 Å². The summed E-state index contributed by atoms with van der Waals surface area (Å²) in [7, 11) is 2.87. The zero-order valence-corrected chi connectivity index (χ0v) is 24.5. The number of phenols is 1. The number of hydrogen-bond acceptors (Lipinski definition) is 9. The highest BCUT2D eigenvalue weighted by atomic mass is 19.4. The largest absolute Gasteiger partial charge is 0.507 e. The molecule has 5 rings (SSSR count). The van der Waals surface area contributed by atoms with Crippen molar-refractivity contribution in [3.8, 4) is 5.75 Å². The molecule has 4 aliphatic rings. The summed E-state index contributed by atoms with van der Waals surface area (Å²) in [4.78, 5) is 69.5. The minimum atomic E-state index is -4.90. The number of phenolic OH excluding ortho intramolecular Hbond substituents is 1. The molecule has 2 unspecified atom stereocenters. The van der Waals surface area contributed by atoms with Gasteiger partial charge >= 0.3 is 6.18 Å². The first-order chi connectivity index (χ1) is 19.8. The number of alkyl halides is 3. The van der Waals surface area contributed by atoms with Crippen LogP contribution in [0.4, 0.5) is 13.2 Å². The van der Waals surface area contributed by atoms with Crippen LogP contribution in [0.25, 0.3) is 0 Å². The van der Waals surface area contributed by atoms with Gasteiger partial charge in [-0.2, -0.15) is 13.2 Å². The molecule has 1 aromatic rings. The Bertz CT molecular complexity index is 1430. The standard InChI is InChI=1S/C30H36F3N3O7/c1-28(2)5-7-36(8-6-28)12-14-11-17(37)19-15(21(14)30(31,32)33)9-13-10-16-22(35(3)4)24(39)20(27(34)42)26(41)29(16,43)25(40)18(13)23(19)38/h11,13,16,18,20,22,37,43H,5-10,12H2,1-4H3,(H2,34,42)/t13-,16-,18?,20?,22-,29-/m0/s1. The summed E-state index contributed by atoms with van der Waals surface area (Å²) < 4.78 is 44.2. The van der Waals surface area contributed by atoms with Gasteiger partial charge in [0.2, 0.25) is 5.91 Å². The molecule has 234 valence electrons. The number of primary amides is 1. The summed E-state index contributed by atoms with van der Waals surface area (Å²) in [5.74, 6) is -13.3. The number of aromatic hydroxyl groups is 1. The molecule has 13 heteroatoms. The Morgan fingerprint density at radius 1 is 1.12 bits per heavy atom. The summed E-state index contributed by atoms with van der Waals surface area (Å²) in [6.45, 7) is 5.19. The topological polar surface area (TPSA) is 158 Å². The number of hydrogen-bond donors (Lipinski definition) is 3. The molecule has 2 saturated carbocycles. The van der Waals surface area contributed by atoms with Gasteiger partial charge in [0.1, 0.15) is 5.75 Å². The summed E-state index contributed by atoms with van der Waals surface area (Å²) in [5.41, 5.74) is 0.0823. The molecule has 1 heterocycles. The lowest BCUT2D eigenvalue weighted by Gasteiger charge is -2.52. The molecule has 43 heavy (non-hydrogen) atoms. The number of nitrogens with zero attached hydrogens (tertiary/aromatic N) is 2. The normalized spacial score (nSPS) is 32.8. The summed E-state index contributed by atoms with van der Waals surface area (Å²) in [6.07, 6.45) is -4.11. The third-order valence-corrected chi connectivity index (χ3v) is 10.0. The Hall–Kier alpha value is -3.16. The second-order valence-corrected chi connectivity index (χ2v) is 13.5. The number of carbonyl (C=O) groups excluding carboxylic acids is 5. The smallest absolute Gasteiger partial charge is 0.417 e. The van der Waals surface area contributed by atoms with Gasteiger partial charge < -0.3 is 15.9 Å². The predicted molar refractivity (Wildman–Crippen MR) is 145 cm³/mol. The van der Waals surface area contributed by atoms with Crippen molar-refractivity contribution in [1.29, 1.82) is 0 Å². The Labute approximate surface area is 246 Å². The second-order valence-electron chi connectivity index (χ2n) is 13.5. The molecule has 0 aromatic heterocycles. The quantitative estimate of drug-likeness (QED) is 0.432. The molecule has 1 aliphatic heterocycles. The van der Waals surface area contributed by atoms with E-state index >= 15 is 0 Å². The third kappa shape index (κ3) is 4.80. The second kappa shape index (κ2) is 10.2. The fourth-order valence-corrected chi connectivity index (χ4v) is 7.78. The number of fused-ring (bicyclic) bond motifs is 3. The van der Waals surface area contributed by atoms with Crippen molar-refractivity contribution < 1.29 is 47.4 Å². The highest BCUT2D eigenvalue weighted by Crippen LogP contribution is 2.53. The van der Waals surface area contributed by atoms with Crippen molar-refractivity contribution in [3.63, 3.8) is 0 Å². The minimum absolute atomic E-state index is 0.0575. The maximum absolute atomic E-state index is 14.7. The maximum atomic E-state index is 14.7. The zero-order valence-electron chi connectivity index (χ0n) is 24.5. The highest BCUT2D eigenvalue weighted by molar-refractivity contribution is 6.32. The van der Waals surface area contributed by atoms with Crippen LogP contribution >= 0.6 is 0 Å². The highest BCUT2D eigenvalue weighted by Gasteiger charge is 2.69. The van der Waals surface area contributed by atoms with E-state index in [0.717, 1.165) is 18.9 Å². The van der Waals surface area contributed by atoms with Gasteiger partial charge in [-0.05, 0) is 81.4 Å². The summed E-state index contributed by atoms with van der Waals surface area (Å²) in [6, 6.07) is -0.424. The fraction of sp³-hybridized carbons (Fsp3) is 0.633. The van der Waals surface area contributed by atoms with E-state index in [2.05, 4.69) is 13.8 Å². The number of likely N-dealkylation sites (N-methyl/N-ethyl adjacent to an activating group) is 1. The lowest BCUT2D eigenvalue weighted by molar-refractivity contribution is -0.181. The number of rotatable bonds is 4. The number of aliphatic hydroxyl groups is 1. The van der Waals surface area contributed by atoms with Crippen LogP contribution in [0, 0.1) is 29.1 Å². The fourth-order valence-electron chi connectivity index (χ4n) is 7.78. The average molecular weight is 608 g/mol. The van der Waals surface area contributed by atoms with Gasteiger partial charge in [0.05, 0.1) is 23.1 Å². The van der Waals surface area contributed by atoms with E-state index in [1.54, 1.807) is 0 Å². The van der Waals surface area contributed by atoms with Crippen LogP contribution in [0.1, 0.15) is 60.2 Å². The molecular formula is C30H36F3N3O7. The molecule has 3 aliphatic carbocycles. The molecule has 6 atom stereocenters. The number of Topliss-reactive ketones (excluding diaryl/α,β-unsaturated/α-hetero) is 4. The van der Waals surface area contributed by atoms with E-state index in [0.29, 0.717) is 13.1 Å². The van der Waals surface area contributed by atoms with Crippen molar-refractivity contribution in [2.75, 3.05) is 27.2 Å². The lowest BCUT2D eigenvalue weighted by Crippen LogP contribution is -2.74. The van der Waals surface area contributed by atoms with Crippen LogP contribution in [0.2, 0.25) is 0 Å². The van der Waals surface area contributed by atoms with Crippen molar-refractivity contribution in [3.05, 3.63) is 28.3 Å². The number of amides is 1. The van der Waals surface area contributed by atoms with E-state index in [9.17, 15) is 47.4 Å². The van der Waals surface area contributed by atoms with Crippen LogP contribution in [0.3, 0.4) is 0 Å². The number of halogens is 3. The van der Waals surface area contributed by atoms with Gasteiger partial charge in [0.25, 0.3) is 0 Å². The lowest BCUT2D eigenvalue weighted by atomic mass is 9.52. The Kier molecular flexibility index (Phi) is 7.42. The summed E-state index contributed by atoms with van der Waals surface area (Å²) >= 11 is 0. The molecule has 3 fully saturated rings. The number of piperidine rings is 1. The van der Waals surface area contributed by atoms with Crippen LogP contribution in [0.15, 0.2) is 6.07 Å². The van der Waals surface area contributed by atoms with Crippen LogP contribution < -0.4 is 5.73 Å². The summed E-state index contributed by atoms with van der Waals surface area (Å²) in [5, 5.41) is 22.6. The Balaban J connectivity index is 1.61. The van der Waals surface area contributed by atoms with E-state index in [-0.39, 0.29) is 23.9 Å². The van der Waals surface area contributed by atoms with E-state index in [1.807, 2.05) is 4.90 Å². The number of carbonyl (C=O) groups is 5. The van der Waals surface area contributed by atoms with Gasteiger partial charge in [-0.1, -0.05) is 13.8 Å². The molecule has 1 saturated heterocycles.